The molecule has 0 aliphatic rings. The van der Waals surface area contributed by atoms with E-state index in [4.69, 9.17) is 4.42 Å². The molecule has 25 heavy (non-hydrogen) atoms. The molecule has 1 heterocycles. The predicted octanol–water partition coefficient (Wildman–Crippen LogP) is 3.14. The van der Waals surface area contributed by atoms with Gasteiger partial charge in [0.2, 0.25) is 5.91 Å². The minimum Gasteiger partial charge on any atom is -0.466 e. The molecule has 0 radical (unpaired) electrons. The molecule has 0 saturated carbocycles. The number of amides is 1. The zero-order valence-electron chi connectivity index (χ0n) is 15.7. The molecule has 1 aromatic carbocycles. The van der Waals surface area contributed by atoms with Crippen molar-refractivity contribution in [2.24, 2.45) is 0 Å². The first-order valence-corrected chi connectivity index (χ1v) is 8.55. The summed E-state index contributed by atoms with van der Waals surface area (Å²) >= 11 is 0. The number of nitrogens with zero attached hydrogens (tertiary/aromatic N) is 1. The molecule has 2 unspecified atom stereocenters. The molecule has 5 nitrogen and oxygen atoms in total. The van der Waals surface area contributed by atoms with Crippen LogP contribution in [0.25, 0.3) is 0 Å². The Morgan fingerprint density at radius 3 is 2.52 bits per heavy atom. The molecule has 0 spiro atoms. The van der Waals surface area contributed by atoms with Crippen molar-refractivity contribution in [3.05, 3.63) is 53.5 Å². The molecular weight excluding hydrogens is 316 g/mol. The van der Waals surface area contributed by atoms with Crippen molar-refractivity contribution in [2.45, 2.75) is 45.8 Å². The number of carbonyl (C=O) groups is 1. The maximum Gasteiger partial charge on any atom is 0.228 e. The maximum atomic E-state index is 12.4. The Morgan fingerprint density at radius 2 is 1.96 bits per heavy atom. The summed E-state index contributed by atoms with van der Waals surface area (Å²) in [6, 6.07) is 11.4. The Bertz CT molecular complexity index is 707. The van der Waals surface area contributed by atoms with Crippen molar-refractivity contribution in [3.63, 3.8) is 0 Å². The van der Waals surface area contributed by atoms with Crippen LogP contribution in [0.15, 0.2) is 40.8 Å². The fraction of sp³-hybridized carbons (Fsp3) is 0.450. The molecule has 0 bridgehead atoms. The number of aliphatic hydroxyl groups is 1. The van der Waals surface area contributed by atoms with Crippen LogP contribution in [0, 0.1) is 13.8 Å². The van der Waals surface area contributed by atoms with Crippen LogP contribution in [-0.2, 0) is 10.4 Å². The molecule has 2 N–H and O–H groups in total. The number of para-hydroxylation sites is 1. The third-order valence-electron chi connectivity index (χ3n) is 4.41. The first-order valence-electron chi connectivity index (χ1n) is 8.55. The van der Waals surface area contributed by atoms with Gasteiger partial charge in [0.1, 0.15) is 17.1 Å². The molecule has 2 aromatic rings. The molecule has 0 saturated heterocycles. The monoisotopic (exact) mass is 344 g/mol. The highest BCUT2D eigenvalue weighted by Gasteiger charge is 2.28. The first-order chi connectivity index (χ1) is 11.7. The number of rotatable bonds is 7. The van der Waals surface area contributed by atoms with E-state index in [0.29, 0.717) is 13.0 Å². The number of aryl methyl sites for hydroxylation is 2. The molecule has 136 valence electrons. The van der Waals surface area contributed by atoms with Crippen LogP contribution in [0.3, 0.4) is 0 Å². The third-order valence-corrected chi connectivity index (χ3v) is 4.41. The van der Waals surface area contributed by atoms with Gasteiger partial charge < -0.3 is 19.7 Å². The van der Waals surface area contributed by atoms with Gasteiger partial charge in [-0.05, 0) is 45.9 Å². The van der Waals surface area contributed by atoms with Crippen LogP contribution < -0.4 is 10.2 Å². The number of nitrogens with one attached hydrogen (secondary N) is 1. The summed E-state index contributed by atoms with van der Waals surface area (Å²) in [5.41, 5.74) is 0.596. The molecule has 2 rings (SSSR count). The van der Waals surface area contributed by atoms with E-state index >= 15 is 0 Å². The zero-order chi connectivity index (χ0) is 18.6. The predicted molar refractivity (Wildman–Crippen MR) is 99.7 cm³/mol. The van der Waals surface area contributed by atoms with E-state index in [1.807, 2.05) is 57.2 Å². The minimum absolute atomic E-state index is 0.0289. The van der Waals surface area contributed by atoms with Gasteiger partial charge in [0.15, 0.2) is 0 Å². The molecule has 2 atom stereocenters. The van der Waals surface area contributed by atoms with E-state index < -0.39 is 5.60 Å². The highest BCUT2D eigenvalue weighted by molar-refractivity contribution is 5.93. The summed E-state index contributed by atoms with van der Waals surface area (Å²) < 4.78 is 5.50. The van der Waals surface area contributed by atoms with Crippen molar-refractivity contribution in [1.29, 1.82) is 0 Å². The summed E-state index contributed by atoms with van der Waals surface area (Å²) in [6.07, 6.45) is 0.352. The van der Waals surface area contributed by atoms with Gasteiger partial charge in [-0.1, -0.05) is 18.2 Å². The van der Waals surface area contributed by atoms with Crippen LogP contribution in [0.1, 0.15) is 37.4 Å². The molecule has 1 amide bonds. The lowest BCUT2D eigenvalue weighted by atomic mass is 9.95. The van der Waals surface area contributed by atoms with Crippen LogP contribution in [0.5, 0.6) is 0 Å². The lowest BCUT2D eigenvalue weighted by Crippen LogP contribution is -2.42. The number of benzene rings is 1. The van der Waals surface area contributed by atoms with Crippen molar-refractivity contribution < 1.29 is 14.3 Å². The SMILES string of the molecule is Cc1cc(C(C)(O)CNC(C)CC(=O)N(C)c2ccccc2)c(C)o1. The average Bonchev–Trinajstić information content (AvgIpc) is 2.92. The number of hydrogen-bond acceptors (Lipinski definition) is 4. The first kappa shape index (κ1) is 19.2. The average molecular weight is 344 g/mol. The quantitative estimate of drug-likeness (QED) is 0.810. The number of hydrogen-bond donors (Lipinski definition) is 2. The maximum absolute atomic E-state index is 12.4. The molecule has 1 aromatic heterocycles. The van der Waals surface area contributed by atoms with Gasteiger partial charge >= 0.3 is 0 Å². The van der Waals surface area contributed by atoms with Crippen molar-refractivity contribution in [3.8, 4) is 0 Å². The molecule has 5 heteroatoms. The standard InChI is InChI=1S/C20H28N2O3/c1-14(11-19(23)22(5)17-9-7-6-8-10-17)21-13-20(4,24)18-12-15(2)25-16(18)3/h6-10,12,14,21,24H,11,13H2,1-5H3. The van der Waals surface area contributed by atoms with Gasteiger partial charge in [0.25, 0.3) is 0 Å². The van der Waals surface area contributed by atoms with Gasteiger partial charge in [-0.25, -0.2) is 0 Å². The Labute approximate surface area is 149 Å². The van der Waals surface area contributed by atoms with Crippen LogP contribution in [0.4, 0.5) is 5.69 Å². The lowest BCUT2D eigenvalue weighted by Gasteiger charge is -2.26. The van der Waals surface area contributed by atoms with E-state index in [1.165, 1.54) is 0 Å². The Balaban J connectivity index is 1.90. The second-order valence-electron chi connectivity index (χ2n) is 6.88. The van der Waals surface area contributed by atoms with Crippen molar-refractivity contribution in [1.82, 2.24) is 5.32 Å². The summed E-state index contributed by atoms with van der Waals surface area (Å²) in [6.45, 7) is 7.75. The highest BCUT2D eigenvalue weighted by atomic mass is 16.3. The van der Waals surface area contributed by atoms with Gasteiger partial charge in [0, 0.05) is 37.3 Å². The van der Waals surface area contributed by atoms with Crippen LogP contribution >= 0.6 is 0 Å². The Kier molecular flexibility index (Phi) is 6.03. The number of carbonyl (C=O) groups excluding carboxylic acids is 1. The summed E-state index contributed by atoms with van der Waals surface area (Å²) in [5.74, 6) is 1.53. The summed E-state index contributed by atoms with van der Waals surface area (Å²) in [4.78, 5) is 14.1. The second-order valence-corrected chi connectivity index (χ2v) is 6.88. The fourth-order valence-electron chi connectivity index (χ4n) is 2.90. The van der Waals surface area contributed by atoms with Gasteiger partial charge in [-0.15, -0.1) is 0 Å². The zero-order valence-corrected chi connectivity index (χ0v) is 15.7. The van der Waals surface area contributed by atoms with E-state index in [1.54, 1.807) is 18.9 Å². The Morgan fingerprint density at radius 1 is 1.32 bits per heavy atom. The fourth-order valence-corrected chi connectivity index (χ4v) is 2.90. The minimum atomic E-state index is -1.05. The molecular formula is C20H28N2O3. The smallest absolute Gasteiger partial charge is 0.228 e. The van der Waals surface area contributed by atoms with Gasteiger partial charge in [-0.3, -0.25) is 4.79 Å². The molecule has 0 aliphatic carbocycles. The van der Waals surface area contributed by atoms with Crippen LogP contribution in [-0.4, -0.2) is 30.6 Å². The highest BCUT2D eigenvalue weighted by Crippen LogP contribution is 2.26. The van der Waals surface area contributed by atoms with E-state index in [0.717, 1.165) is 22.8 Å². The summed E-state index contributed by atoms with van der Waals surface area (Å²) in [7, 11) is 1.78. The van der Waals surface area contributed by atoms with Gasteiger partial charge in [0.05, 0.1) is 0 Å². The van der Waals surface area contributed by atoms with E-state index in [9.17, 15) is 9.90 Å². The van der Waals surface area contributed by atoms with E-state index in [2.05, 4.69) is 5.32 Å². The topological polar surface area (TPSA) is 65.7 Å². The Hall–Kier alpha value is -2.11. The number of anilines is 1. The second kappa shape index (κ2) is 7.85. The van der Waals surface area contributed by atoms with Crippen molar-refractivity contribution in [2.75, 3.05) is 18.5 Å². The third kappa shape index (κ3) is 4.94. The molecule has 0 aliphatic heterocycles. The number of furan rings is 1. The van der Waals surface area contributed by atoms with Crippen LogP contribution in [0.2, 0.25) is 0 Å². The molecule has 0 fully saturated rings. The summed E-state index contributed by atoms with van der Waals surface area (Å²) in [5, 5.41) is 14.0. The van der Waals surface area contributed by atoms with E-state index in [-0.39, 0.29) is 11.9 Å². The lowest BCUT2D eigenvalue weighted by molar-refractivity contribution is -0.118. The normalized spacial score (nSPS) is 14.8. The largest absolute Gasteiger partial charge is 0.466 e. The van der Waals surface area contributed by atoms with Gasteiger partial charge in [-0.2, -0.15) is 0 Å². The van der Waals surface area contributed by atoms with Crippen molar-refractivity contribution >= 4 is 11.6 Å².